The van der Waals surface area contributed by atoms with Crippen LogP contribution in [0.4, 0.5) is 5.00 Å². The maximum absolute atomic E-state index is 12.6. The second-order valence-corrected chi connectivity index (χ2v) is 8.05. The SMILES string of the molecule is CCOC(=O)c1c(NC(=O)[C@H](C)NCc2ccco2)sc2c1CC[C@@H](C)C2. The third kappa shape index (κ3) is 4.59. The highest BCUT2D eigenvalue weighted by molar-refractivity contribution is 7.17. The molecule has 1 aliphatic carbocycles. The number of hydrogen-bond acceptors (Lipinski definition) is 6. The molecule has 6 nitrogen and oxygen atoms in total. The van der Waals surface area contributed by atoms with Gasteiger partial charge in [0.1, 0.15) is 10.8 Å². The van der Waals surface area contributed by atoms with Crippen LogP contribution in [-0.2, 0) is 28.9 Å². The summed E-state index contributed by atoms with van der Waals surface area (Å²) in [6, 6.07) is 3.23. The first-order valence-corrected chi connectivity index (χ1v) is 10.2. The van der Waals surface area contributed by atoms with Gasteiger partial charge >= 0.3 is 5.97 Å². The average Bonchev–Trinajstić information content (AvgIpc) is 3.26. The number of amides is 1. The van der Waals surface area contributed by atoms with E-state index in [1.165, 1.54) is 16.2 Å². The van der Waals surface area contributed by atoms with E-state index < -0.39 is 6.04 Å². The summed E-state index contributed by atoms with van der Waals surface area (Å²) < 4.78 is 10.5. The lowest BCUT2D eigenvalue weighted by Gasteiger charge is -2.18. The molecule has 1 aliphatic rings. The number of carbonyl (C=O) groups excluding carboxylic acids is 2. The van der Waals surface area contributed by atoms with Gasteiger partial charge in [-0.15, -0.1) is 11.3 Å². The molecule has 0 fully saturated rings. The average molecular weight is 391 g/mol. The van der Waals surface area contributed by atoms with Gasteiger partial charge in [0.2, 0.25) is 5.91 Å². The summed E-state index contributed by atoms with van der Waals surface area (Å²) in [5, 5.41) is 6.67. The number of anilines is 1. The van der Waals surface area contributed by atoms with E-state index in [1.807, 2.05) is 12.1 Å². The van der Waals surface area contributed by atoms with E-state index in [1.54, 1.807) is 20.1 Å². The maximum Gasteiger partial charge on any atom is 0.341 e. The molecule has 0 aromatic carbocycles. The van der Waals surface area contributed by atoms with Crippen molar-refractivity contribution in [3.05, 3.63) is 40.2 Å². The van der Waals surface area contributed by atoms with Gasteiger partial charge in [0, 0.05) is 4.88 Å². The Hall–Kier alpha value is -2.12. The number of nitrogens with one attached hydrogen (secondary N) is 2. The molecule has 2 atom stereocenters. The fraction of sp³-hybridized carbons (Fsp3) is 0.500. The molecule has 7 heteroatoms. The summed E-state index contributed by atoms with van der Waals surface area (Å²) in [6.07, 6.45) is 4.44. The molecular formula is C20H26N2O4S. The van der Waals surface area contributed by atoms with Gasteiger partial charge in [-0.25, -0.2) is 4.79 Å². The van der Waals surface area contributed by atoms with Crippen molar-refractivity contribution in [2.24, 2.45) is 5.92 Å². The molecule has 0 radical (unpaired) electrons. The zero-order valence-corrected chi connectivity index (χ0v) is 16.8. The van der Waals surface area contributed by atoms with Gasteiger partial charge in [0.25, 0.3) is 0 Å². The minimum absolute atomic E-state index is 0.182. The zero-order chi connectivity index (χ0) is 19.4. The second-order valence-electron chi connectivity index (χ2n) is 6.95. The van der Waals surface area contributed by atoms with E-state index in [0.29, 0.717) is 29.6 Å². The first-order valence-electron chi connectivity index (χ1n) is 9.37. The zero-order valence-electron chi connectivity index (χ0n) is 16.0. The highest BCUT2D eigenvalue weighted by atomic mass is 32.1. The Morgan fingerprint density at radius 3 is 2.96 bits per heavy atom. The number of rotatable bonds is 7. The van der Waals surface area contributed by atoms with Gasteiger partial charge in [-0.1, -0.05) is 6.92 Å². The summed E-state index contributed by atoms with van der Waals surface area (Å²) in [4.78, 5) is 26.3. The number of ether oxygens (including phenoxy) is 1. The smallest absolute Gasteiger partial charge is 0.341 e. The Morgan fingerprint density at radius 1 is 1.44 bits per heavy atom. The molecule has 0 saturated carbocycles. The van der Waals surface area contributed by atoms with E-state index in [-0.39, 0.29) is 11.9 Å². The lowest BCUT2D eigenvalue weighted by Crippen LogP contribution is -2.37. The molecule has 2 heterocycles. The molecule has 0 unspecified atom stereocenters. The number of esters is 1. The van der Waals surface area contributed by atoms with Gasteiger partial charge in [-0.3, -0.25) is 10.1 Å². The van der Waals surface area contributed by atoms with Crippen molar-refractivity contribution in [3.8, 4) is 0 Å². The molecule has 0 aliphatic heterocycles. The Labute approximate surface area is 163 Å². The quantitative estimate of drug-likeness (QED) is 0.704. The number of furan rings is 1. The largest absolute Gasteiger partial charge is 0.468 e. The number of carbonyl (C=O) groups is 2. The Bertz CT molecular complexity index is 797. The predicted octanol–water partition coefficient (Wildman–Crippen LogP) is 3.76. The van der Waals surface area contributed by atoms with Gasteiger partial charge in [-0.2, -0.15) is 0 Å². The first-order chi connectivity index (χ1) is 13.0. The first kappa shape index (κ1) is 19.6. The molecule has 2 aromatic heterocycles. The minimum atomic E-state index is -0.428. The van der Waals surface area contributed by atoms with Crippen molar-refractivity contribution in [2.75, 3.05) is 11.9 Å². The second kappa shape index (κ2) is 8.71. The van der Waals surface area contributed by atoms with E-state index in [4.69, 9.17) is 9.15 Å². The normalized spacial score (nSPS) is 17.2. The van der Waals surface area contributed by atoms with Crippen LogP contribution in [0.2, 0.25) is 0 Å². The lowest BCUT2D eigenvalue weighted by atomic mass is 9.88. The van der Waals surface area contributed by atoms with Crippen molar-refractivity contribution < 1.29 is 18.7 Å². The highest BCUT2D eigenvalue weighted by Crippen LogP contribution is 2.40. The van der Waals surface area contributed by atoms with Crippen molar-refractivity contribution in [3.63, 3.8) is 0 Å². The van der Waals surface area contributed by atoms with E-state index in [9.17, 15) is 9.59 Å². The summed E-state index contributed by atoms with van der Waals surface area (Å²) in [5.74, 6) is 0.820. The standard InChI is InChI=1S/C20H26N2O4S/c1-4-25-20(24)17-15-8-7-12(2)10-16(15)27-19(17)22-18(23)13(3)21-11-14-6-5-9-26-14/h5-6,9,12-13,21H,4,7-8,10-11H2,1-3H3,(H,22,23)/t12-,13+/m1/s1. The molecule has 0 saturated heterocycles. The number of fused-ring (bicyclic) bond motifs is 1. The Kier molecular flexibility index (Phi) is 6.34. The molecule has 1 amide bonds. The number of thiophene rings is 1. The molecule has 2 aromatic rings. The van der Waals surface area contributed by atoms with E-state index in [0.717, 1.165) is 30.6 Å². The van der Waals surface area contributed by atoms with E-state index in [2.05, 4.69) is 17.6 Å². The van der Waals surface area contributed by atoms with Crippen LogP contribution in [0.3, 0.4) is 0 Å². The predicted molar refractivity (Wildman–Crippen MR) is 105 cm³/mol. The summed E-state index contributed by atoms with van der Waals surface area (Å²) in [7, 11) is 0. The van der Waals surface area contributed by atoms with Crippen LogP contribution in [0.25, 0.3) is 0 Å². The molecule has 3 rings (SSSR count). The van der Waals surface area contributed by atoms with Crippen LogP contribution in [0, 0.1) is 5.92 Å². The topological polar surface area (TPSA) is 80.6 Å². The molecule has 27 heavy (non-hydrogen) atoms. The van der Waals surface area contributed by atoms with Crippen LogP contribution in [0.5, 0.6) is 0 Å². The monoisotopic (exact) mass is 390 g/mol. The van der Waals surface area contributed by atoms with Crippen LogP contribution in [-0.4, -0.2) is 24.5 Å². The third-order valence-electron chi connectivity index (χ3n) is 4.78. The van der Waals surface area contributed by atoms with Crippen LogP contribution in [0.15, 0.2) is 22.8 Å². The molecule has 0 bridgehead atoms. The van der Waals surface area contributed by atoms with Crippen molar-refractivity contribution >= 4 is 28.2 Å². The van der Waals surface area contributed by atoms with Crippen LogP contribution in [0.1, 0.15) is 53.8 Å². The summed E-state index contributed by atoms with van der Waals surface area (Å²) in [5.41, 5.74) is 1.58. The summed E-state index contributed by atoms with van der Waals surface area (Å²) >= 11 is 1.50. The number of hydrogen-bond donors (Lipinski definition) is 2. The fourth-order valence-electron chi connectivity index (χ4n) is 3.24. The minimum Gasteiger partial charge on any atom is -0.468 e. The Balaban J connectivity index is 1.74. The van der Waals surface area contributed by atoms with Crippen molar-refractivity contribution in [1.82, 2.24) is 5.32 Å². The molecule has 0 spiro atoms. The highest BCUT2D eigenvalue weighted by Gasteiger charge is 2.29. The molecule has 2 N–H and O–H groups in total. The third-order valence-corrected chi connectivity index (χ3v) is 5.95. The van der Waals surface area contributed by atoms with Crippen LogP contribution >= 0.6 is 11.3 Å². The fourth-order valence-corrected chi connectivity index (χ4v) is 4.64. The van der Waals surface area contributed by atoms with Crippen molar-refractivity contribution in [1.29, 1.82) is 0 Å². The van der Waals surface area contributed by atoms with Gasteiger partial charge in [0.05, 0.1) is 31.0 Å². The van der Waals surface area contributed by atoms with Gasteiger partial charge < -0.3 is 14.5 Å². The van der Waals surface area contributed by atoms with Crippen molar-refractivity contribution in [2.45, 2.75) is 52.6 Å². The summed E-state index contributed by atoms with van der Waals surface area (Å²) in [6.45, 7) is 6.57. The van der Waals surface area contributed by atoms with Gasteiger partial charge in [0.15, 0.2) is 0 Å². The maximum atomic E-state index is 12.6. The molecular weight excluding hydrogens is 364 g/mol. The van der Waals surface area contributed by atoms with Gasteiger partial charge in [-0.05, 0) is 56.7 Å². The van der Waals surface area contributed by atoms with E-state index >= 15 is 0 Å². The Morgan fingerprint density at radius 2 is 2.26 bits per heavy atom. The van der Waals surface area contributed by atoms with Crippen LogP contribution < -0.4 is 10.6 Å². The molecule has 146 valence electrons. The lowest BCUT2D eigenvalue weighted by molar-refractivity contribution is -0.117.